The van der Waals surface area contributed by atoms with Crippen LogP contribution in [0.3, 0.4) is 0 Å². The minimum atomic E-state index is -0.236. The van der Waals surface area contributed by atoms with Crippen molar-refractivity contribution < 1.29 is 9.15 Å². The van der Waals surface area contributed by atoms with Crippen molar-refractivity contribution >= 4 is 11.0 Å². The minimum absolute atomic E-state index is 0.0720. The lowest BCUT2D eigenvalue weighted by Crippen LogP contribution is -2.43. The summed E-state index contributed by atoms with van der Waals surface area (Å²) < 4.78 is 11.8. The van der Waals surface area contributed by atoms with Gasteiger partial charge in [-0.05, 0) is 55.0 Å². The third kappa shape index (κ3) is 3.24. The van der Waals surface area contributed by atoms with Gasteiger partial charge in [-0.3, -0.25) is 4.79 Å². The van der Waals surface area contributed by atoms with Gasteiger partial charge in [0.15, 0.2) is 0 Å². The van der Waals surface area contributed by atoms with Gasteiger partial charge in [-0.2, -0.15) is 0 Å². The molecule has 31 heavy (non-hydrogen) atoms. The number of nitrogens with two attached hydrogens (primary N) is 1. The van der Waals surface area contributed by atoms with Crippen LogP contribution in [0.1, 0.15) is 30.4 Å². The van der Waals surface area contributed by atoms with Crippen LogP contribution in [0, 0.1) is 6.92 Å². The van der Waals surface area contributed by atoms with Gasteiger partial charge in [0, 0.05) is 11.1 Å². The van der Waals surface area contributed by atoms with Crippen molar-refractivity contribution in [3.05, 3.63) is 88.1 Å². The van der Waals surface area contributed by atoms with Gasteiger partial charge in [0.05, 0.1) is 18.1 Å². The van der Waals surface area contributed by atoms with Crippen molar-refractivity contribution in [1.82, 2.24) is 0 Å². The summed E-state index contributed by atoms with van der Waals surface area (Å²) in [6.45, 7) is 1.94. The molecule has 4 aromatic rings. The number of hydrogen-bond donors (Lipinski definition) is 1. The van der Waals surface area contributed by atoms with Gasteiger partial charge in [0.25, 0.3) is 0 Å². The molecular weight excluding hydrogens is 386 g/mol. The number of aryl methyl sites for hydroxylation is 1. The average Bonchev–Trinajstić information content (AvgIpc) is 2.78. The fraction of sp³-hybridized carbons (Fsp3) is 0.222. The molecule has 1 aromatic heterocycles. The van der Waals surface area contributed by atoms with Crippen LogP contribution >= 0.6 is 0 Å². The summed E-state index contributed by atoms with van der Waals surface area (Å²) in [6, 6.07) is 21.5. The predicted molar refractivity (Wildman–Crippen MR) is 124 cm³/mol. The van der Waals surface area contributed by atoms with Crippen LogP contribution in [-0.4, -0.2) is 7.11 Å². The molecule has 1 fully saturated rings. The second-order valence-electron chi connectivity index (χ2n) is 8.41. The highest BCUT2D eigenvalue weighted by molar-refractivity contribution is 5.90. The van der Waals surface area contributed by atoms with Crippen molar-refractivity contribution in [2.45, 2.75) is 31.7 Å². The molecule has 4 heteroatoms. The third-order valence-corrected chi connectivity index (χ3v) is 6.44. The topological polar surface area (TPSA) is 65.5 Å². The number of hydrogen-bond acceptors (Lipinski definition) is 4. The molecule has 1 aliphatic rings. The molecule has 156 valence electrons. The molecule has 1 aliphatic carbocycles. The molecule has 3 aromatic carbocycles. The number of fused-ring (bicyclic) bond motifs is 1. The van der Waals surface area contributed by atoms with E-state index in [0.717, 1.165) is 41.5 Å². The second-order valence-corrected chi connectivity index (χ2v) is 8.41. The Kier molecular flexibility index (Phi) is 4.67. The Bertz CT molecular complexity index is 1320. The summed E-state index contributed by atoms with van der Waals surface area (Å²) in [6.07, 6.45) is 3.16. The van der Waals surface area contributed by atoms with Crippen molar-refractivity contribution in [2.75, 3.05) is 7.11 Å². The van der Waals surface area contributed by atoms with E-state index in [1.54, 1.807) is 13.2 Å². The maximum atomic E-state index is 13.7. The lowest BCUT2D eigenvalue weighted by Gasteiger charge is -2.38. The quantitative estimate of drug-likeness (QED) is 0.462. The molecule has 1 heterocycles. The Labute approximate surface area is 181 Å². The van der Waals surface area contributed by atoms with E-state index in [4.69, 9.17) is 14.9 Å². The first-order valence-electron chi connectivity index (χ1n) is 10.6. The fourth-order valence-electron chi connectivity index (χ4n) is 4.41. The largest absolute Gasteiger partial charge is 0.496 e. The molecule has 0 unspecified atom stereocenters. The van der Waals surface area contributed by atoms with E-state index in [-0.39, 0.29) is 11.0 Å². The SMILES string of the molecule is COc1cc2c(=O)c(-c3ccc(C4(N)CCC4)cc3)c(-c3ccccc3)oc2cc1C. The highest BCUT2D eigenvalue weighted by atomic mass is 16.5. The van der Waals surface area contributed by atoms with Gasteiger partial charge >= 0.3 is 0 Å². The van der Waals surface area contributed by atoms with E-state index < -0.39 is 0 Å². The minimum Gasteiger partial charge on any atom is -0.496 e. The Morgan fingerprint density at radius 3 is 2.29 bits per heavy atom. The van der Waals surface area contributed by atoms with Crippen LogP contribution in [0.5, 0.6) is 5.75 Å². The van der Waals surface area contributed by atoms with Crippen LogP contribution in [0.4, 0.5) is 0 Å². The zero-order valence-electron chi connectivity index (χ0n) is 17.8. The molecule has 0 bridgehead atoms. The predicted octanol–water partition coefficient (Wildman–Crippen LogP) is 5.78. The summed E-state index contributed by atoms with van der Waals surface area (Å²) >= 11 is 0. The standard InChI is InChI=1S/C27H25NO3/c1-17-15-23-21(16-22(17)30-2)25(29)24(26(31-23)19-7-4-3-5-8-19)18-9-11-20(12-10-18)27(28)13-6-14-27/h3-5,7-12,15-16H,6,13-14,28H2,1-2H3. The maximum absolute atomic E-state index is 13.7. The lowest BCUT2D eigenvalue weighted by molar-refractivity contribution is 0.253. The van der Waals surface area contributed by atoms with Crippen molar-refractivity contribution in [2.24, 2.45) is 5.73 Å². The summed E-state index contributed by atoms with van der Waals surface area (Å²) in [5.41, 5.74) is 11.0. The molecule has 1 saturated carbocycles. The zero-order chi connectivity index (χ0) is 21.6. The van der Waals surface area contributed by atoms with E-state index in [1.165, 1.54) is 0 Å². The molecule has 0 spiro atoms. The molecule has 0 atom stereocenters. The van der Waals surface area contributed by atoms with E-state index in [2.05, 4.69) is 0 Å². The van der Waals surface area contributed by atoms with Gasteiger partial charge in [0.1, 0.15) is 17.1 Å². The first kappa shape index (κ1) is 19.6. The van der Waals surface area contributed by atoms with Crippen molar-refractivity contribution in [3.63, 3.8) is 0 Å². The molecule has 0 amide bonds. The van der Waals surface area contributed by atoms with Gasteiger partial charge in [-0.1, -0.05) is 54.6 Å². The Hall–Kier alpha value is -3.37. The van der Waals surface area contributed by atoms with E-state index in [0.29, 0.717) is 28.0 Å². The van der Waals surface area contributed by atoms with Gasteiger partial charge in [-0.25, -0.2) is 0 Å². The molecule has 4 nitrogen and oxygen atoms in total. The molecular formula is C27H25NO3. The first-order chi connectivity index (χ1) is 15.0. The van der Waals surface area contributed by atoms with E-state index in [9.17, 15) is 4.79 Å². The Morgan fingerprint density at radius 2 is 1.68 bits per heavy atom. The van der Waals surface area contributed by atoms with Crippen LogP contribution in [0.15, 0.2) is 75.9 Å². The summed E-state index contributed by atoms with van der Waals surface area (Å²) in [7, 11) is 1.61. The second kappa shape index (κ2) is 7.40. The van der Waals surface area contributed by atoms with E-state index in [1.807, 2.05) is 67.6 Å². The number of benzene rings is 3. The average molecular weight is 412 g/mol. The van der Waals surface area contributed by atoms with E-state index >= 15 is 0 Å². The fourth-order valence-corrected chi connectivity index (χ4v) is 4.41. The molecule has 0 saturated heterocycles. The molecule has 0 aliphatic heterocycles. The smallest absolute Gasteiger partial charge is 0.201 e. The number of rotatable bonds is 4. The Morgan fingerprint density at radius 1 is 0.968 bits per heavy atom. The van der Waals surface area contributed by atoms with Crippen molar-refractivity contribution in [1.29, 1.82) is 0 Å². The first-order valence-corrected chi connectivity index (χ1v) is 10.6. The molecule has 0 radical (unpaired) electrons. The monoisotopic (exact) mass is 411 g/mol. The third-order valence-electron chi connectivity index (χ3n) is 6.44. The maximum Gasteiger partial charge on any atom is 0.201 e. The van der Waals surface area contributed by atoms with Crippen LogP contribution in [0.2, 0.25) is 0 Å². The molecule has 2 N–H and O–H groups in total. The Balaban J connectivity index is 1.76. The normalized spacial score (nSPS) is 14.9. The van der Waals surface area contributed by atoms with Crippen molar-refractivity contribution in [3.8, 4) is 28.2 Å². The summed E-state index contributed by atoms with van der Waals surface area (Å²) in [4.78, 5) is 13.7. The van der Waals surface area contributed by atoms with Crippen LogP contribution in [-0.2, 0) is 5.54 Å². The summed E-state index contributed by atoms with van der Waals surface area (Å²) in [5, 5.41) is 0.510. The highest BCUT2D eigenvalue weighted by Gasteiger charge is 2.34. The molecule has 5 rings (SSSR count). The van der Waals surface area contributed by atoms with Gasteiger partial charge in [-0.15, -0.1) is 0 Å². The number of ether oxygens (including phenoxy) is 1. The van der Waals surface area contributed by atoms with Gasteiger partial charge < -0.3 is 14.9 Å². The highest BCUT2D eigenvalue weighted by Crippen LogP contribution is 2.40. The van der Waals surface area contributed by atoms with Gasteiger partial charge in [0.2, 0.25) is 5.43 Å². The van der Waals surface area contributed by atoms with Crippen LogP contribution in [0.25, 0.3) is 33.4 Å². The lowest BCUT2D eigenvalue weighted by atomic mass is 9.72. The number of methoxy groups -OCH3 is 1. The zero-order valence-corrected chi connectivity index (χ0v) is 17.8. The van der Waals surface area contributed by atoms with Crippen LogP contribution < -0.4 is 15.9 Å². The summed E-state index contributed by atoms with van der Waals surface area (Å²) in [5.74, 6) is 1.24.